The molecule has 0 unspecified atom stereocenters. The van der Waals surface area contributed by atoms with Crippen molar-refractivity contribution < 1.29 is 4.57 Å². The largest absolute Gasteiger partial charge is 0.302 e. The lowest BCUT2D eigenvalue weighted by Gasteiger charge is -2.32. The second-order valence-electron chi connectivity index (χ2n) is 6.97. The molecule has 0 radical (unpaired) electrons. The van der Waals surface area contributed by atoms with E-state index in [0.717, 1.165) is 25.5 Å². The average Bonchev–Trinajstić information content (AvgIpc) is 2.89. The van der Waals surface area contributed by atoms with E-state index in [9.17, 15) is 0 Å². The quantitative estimate of drug-likeness (QED) is 0.687. The topological polar surface area (TPSA) is 24.4 Å². The molecule has 1 aromatic heterocycles. The minimum absolute atomic E-state index is 0.948. The lowest BCUT2D eigenvalue weighted by Crippen LogP contribution is -2.46. The third-order valence-electron chi connectivity index (χ3n) is 5.61. The summed E-state index contributed by atoms with van der Waals surface area (Å²) in [4.78, 5) is 7.37. The molecule has 118 valence electrons. The summed E-state index contributed by atoms with van der Waals surface area (Å²) >= 11 is 0. The monoisotopic (exact) mass is 307 g/mol. The number of hydrogen-bond acceptors (Lipinski definition) is 2. The van der Waals surface area contributed by atoms with E-state index in [4.69, 9.17) is 4.99 Å². The average molecular weight is 307 g/mol. The van der Waals surface area contributed by atoms with Gasteiger partial charge in [0.05, 0.1) is 18.3 Å². The van der Waals surface area contributed by atoms with Crippen LogP contribution in [0.5, 0.6) is 0 Å². The normalized spacial score (nSPS) is 18.7. The summed E-state index contributed by atoms with van der Waals surface area (Å²) in [6.07, 6.45) is 6.12. The highest BCUT2D eigenvalue weighted by Crippen LogP contribution is 2.40. The summed E-state index contributed by atoms with van der Waals surface area (Å²) in [7, 11) is 2.24. The van der Waals surface area contributed by atoms with Crippen LogP contribution in [0.3, 0.4) is 0 Å². The molecule has 0 fully saturated rings. The van der Waals surface area contributed by atoms with Crippen LogP contribution in [0.4, 0.5) is 5.69 Å². The van der Waals surface area contributed by atoms with Gasteiger partial charge in [-0.2, -0.15) is 4.57 Å². The molecule has 4 nitrogen and oxygen atoms in total. The molecule has 5 rings (SSSR count). The van der Waals surface area contributed by atoms with Crippen molar-refractivity contribution in [3.05, 3.63) is 35.2 Å². The van der Waals surface area contributed by atoms with Gasteiger partial charge in [-0.3, -0.25) is 4.90 Å². The van der Waals surface area contributed by atoms with Crippen LogP contribution in [-0.4, -0.2) is 23.6 Å². The maximum Gasteiger partial charge on any atom is 0.302 e. The first-order valence-corrected chi connectivity index (χ1v) is 8.82. The molecule has 3 aliphatic rings. The molecule has 3 heterocycles. The predicted octanol–water partition coefficient (Wildman–Crippen LogP) is 2.59. The summed E-state index contributed by atoms with van der Waals surface area (Å²) < 4.78 is 4.91. The minimum atomic E-state index is 0.948. The summed E-state index contributed by atoms with van der Waals surface area (Å²) in [6.45, 7) is 4.26. The van der Waals surface area contributed by atoms with E-state index in [1.165, 1.54) is 59.7 Å². The van der Waals surface area contributed by atoms with Gasteiger partial charge < -0.3 is 0 Å². The second-order valence-corrected chi connectivity index (χ2v) is 6.97. The maximum atomic E-state index is 4.93. The number of hydrogen-bond donors (Lipinski definition) is 0. The zero-order chi connectivity index (χ0) is 15.6. The van der Waals surface area contributed by atoms with Gasteiger partial charge in [0.15, 0.2) is 5.69 Å². The predicted molar refractivity (Wildman–Crippen MR) is 92.1 cm³/mol. The summed E-state index contributed by atoms with van der Waals surface area (Å²) in [5.74, 6) is 2.49. The molecule has 1 aromatic carbocycles. The number of anilines is 1. The standard InChI is InChI=1S/C19H23N4/c1-13-7-5-10-16-17(13)18-21(2)14-8-3-4-9-15(14)23(18)19-20-11-6-12-22(16)19/h5,7,10H,3-4,6,8-9,11-12H2,1-2H3/q+1. The SMILES string of the molecule is Cc1cccc2c1-c1n(c3c([n+]1C)CCCC3)C1=NCCCN12. The van der Waals surface area contributed by atoms with E-state index in [2.05, 4.69) is 46.2 Å². The van der Waals surface area contributed by atoms with E-state index in [1.807, 2.05) is 0 Å². The molecule has 0 saturated carbocycles. The number of imidazole rings is 1. The molecule has 0 amide bonds. The highest BCUT2D eigenvalue weighted by atomic mass is 15.4. The van der Waals surface area contributed by atoms with E-state index in [-0.39, 0.29) is 0 Å². The number of aromatic nitrogens is 2. The van der Waals surface area contributed by atoms with Gasteiger partial charge in [0, 0.05) is 25.9 Å². The lowest BCUT2D eigenvalue weighted by atomic mass is 10.0. The number of nitrogens with zero attached hydrogens (tertiary/aromatic N) is 4. The number of aliphatic imine (C=N–C) groups is 1. The van der Waals surface area contributed by atoms with Gasteiger partial charge in [0.2, 0.25) is 0 Å². The Labute approximate surface area is 137 Å². The van der Waals surface area contributed by atoms with Crippen molar-refractivity contribution in [1.29, 1.82) is 0 Å². The van der Waals surface area contributed by atoms with E-state index in [0.29, 0.717) is 0 Å². The van der Waals surface area contributed by atoms with Crippen LogP contribution >= 0.6 is 0 Å². The molecule has 1 aliphatic carbocycles. The van der Waals surface area contributed by atoms with Crippen LogP contribution in [0.2, 0.25) is 0 Å². The summed E-state index contributed by atoms with van der Waals surface area (Å²) in [6, 6.07) is 6.68. The summed E-state index contributed by atoms with van der Waals surface area (Å²) in [5.41, 5.74) is 7.09. The van der Waals surface area contributed by atoms with Crippen molar-refractivity contribution in [3.8, 4) is 11.4 Å². The van der Waals surface area contributed by atoms with Crippen molar-refractivity contribution in [1.82, 2.24) is 4.57 Å². The maximum absolute atomic E-state index is 4.93. The van der Waals surface area contributed by atoms with Gasteiger partial charge in [0.25, 0.3) is 5.82 Å². The molecule has 23 heavy (non-hydrogen) atoms. The molecule has 0 N–H and O–H groups in total. The minimum Gasteiger partial charge on any atom is -0.291 e. The Morgan fingerprint density at radius 1 is 1.13 bits per heavy atom. The van der Waals surface area contributed by atoms with Gasteiger partial charge in [-0.25, -0.2) is 9.56 Å². The van der Waals surface area contributed by atoms with Gasteiger partial charge in [-0.05, 0) is 37.8 Å². The Hall–Kier alpha value is -2.10. The van der Waals surface area contributed by atoms with Crippen LogP contribution in [0.25, 0.3) is 11.4 Å². The van der Waals surface area contributed by atoms with Gasteiger partial charge in [-0.15, -0.1) is 0 Å². The number of benzene rings is 1. The number of fused-ring (bicyclic) bond motifs is 8. The van der Waals surface area contributed by atoms with Crippen molar-refractivity contribution in [2.45, 2.75) is 39.0 Å². The van der Waals surface area contributed by atoms with Crippen LogP contribution in [-0.2, 0) is 19.9 Å². The molecular formula is C19H23N4+. The fraction of sp³-hybridized carbons (Fsp3) is 0.474. The molecule has 2 aromatic rings. The first kappa shape index (κ1) is 13.3. The number of aryl methyl sites for hydroxylation is 1. The zero-order valence-electron chi connectivity index (χ0n) is 14.0. The van der Waals surface area contributed by atoms with E-state index < -0.39 is 0 Å². The van der Waals surface area contributed by atoms with Gasteiger partial charge in [-0.1, -0.05) is 12.1 Å². The second kappa shape index (κ2) is 4.70. The van der Waals surface area contributed by atoms with Crippen molar-refractivity contribution in [3.63, 3.8) is 0 Å². The van der Waals surface area contributed by atoms with E-state index >= 15 is 0 Å². The molecule has 2 aliphatic heterocycles. The van der Waals surface area contributed by atoms with Crippen LogP contribution in [0.1, 0.15) is 36.2 Å². The number of rotatable bonds is 0. The van der Waals surface area contributed by atoms with Crippen LogP contribution in [0.15, 0.2) is 23.2 Å². The third kappa shape index (κ3) is 1.66. The van der Waals surface area contributed by atoms with Gasteiger partial charge in [0.1, 0.15) is 5.69 Å². The van der Waals surface area contributed by atoms with Gasteiger partial charge >= 0.3 is 5.96 Å². The van der Waals surface area contributed by atoms with E-state index in [1.54, 1.807) is 0 Å². The highest BCUT2D eigenvalue weighted by molar-refractivity contribution is 6.07. The Morgan fingerprint density at radius 2 is 2.00 bits per heavy atom. The molecule has 0 bridgehead atoms. The van der Waals surface area contributed by atoms with Crippen molar-refractivity contribution in [2.24, 2.45) is 12.0 Å². The summed E-state index contributed by atoms with van der Waals surface area (Å²) in [5, 5.41) is 0. The first-order valence-electron chi connectivity index (χ1n) is 8.82. The van der Waals surface area contributed by atoms with Crippen LogP contribution < -0.4 is 9.47 Å². The lowest BCUT2D eigenvalue weighted by molar-refractivity contribution is -0.667. The fourth-order valence-corrected chi connectivity index (χ4v) is 4.56. The highest BCUT2D eigenvalue weighted by Gasteiger charge is 2.42. The zero-order valence-corrected chi connectivity index (χ0v) is 14.0. The molecule has 0 atom stereocenters. The Kier molecular flexibility index (Phi) is 2.73. The molecule has 0 spiro atoms. The smallest absolute Gasteiger partial charge is 0.291 e. The van der Waals surface area contributed by atoms with Crippen LogP contribution in [0, 0.1) is 6.92 Å². The third-order valence-corrected chi connectivity index (χ3v) is 5.61. The van der Waals surface area contributed by atoms with Crippen molar-refractivity contribution in [2.75, 3.05) is 18.0 Å². The first-order chi connectivity index (χ1) is 11.3. The molecular weight excluding hydrogens is 284 g/mol. The Balaban J connectivity index is 1.91. The Morgan fingerprint density at radius 3 is 2.91 bits per heavy atom. The Bertz CT molecular complexity index is 844. The van der Waals surface area contributed by atoms with Crippen molar-refractivity contribution >= 4 is 11.6 Å². The molecule has 4 heteroatoms. The fourth-order valence-electron chi connectivity index (χ4n) is 4.56. The molecule has 0 saturated heterocycles.